The molecule has 0 radical (unpaired) electrons. The lowest BCUT2D eigenvalue weighted by molar-refractivity contribution is 1.15. The second-order valence-electron chi connectivity index (χ2n) is 4.73. The van der Waals surface area contributed by atoms with Crippen molar-refractivity contribution in [3.63, 3.8) is 0 Å². The topological polar surface area (TPSA) is 15.8 Å². The Balaban J connectivity index is 2.30. The van der Waals surface area contributed by atoms with Gasteiger partial charge in [0.2, 0.25) is 0 Å². The van der Waals surface area contributed by atoms with Crippen LogP contribution in [0.1, 0.15) is 18.1 Å². The van der Waals surface area contributed by atoms with Crippen LogP contribution < -0.4 is 0 Å². The first-order valence-corrected chi connectivity index (χ1v) is 6.46. The maximum atomic E-state index is 3.81. The summed E-state index contributed by atoms with van der Waals surface area (Å²) in [6.45, 7) is 6.00. The molecule has 90 valence electrons. The molecule has 0 saturated heterocycles. The molecule has 0 fully saturated rings. The van der Waals surface area contributed by atoms with Crippen molar-refractivity contribution >= 4 is 21.8 Å². The number of benzene rings is 2. The van der Waals surface area contributed by atoms with Crippen molar-refractivity contribution in [2.24, 2.45) is 0 Å². The summed E-state index contributed by atoms with van der Waals surface area (Å²) in [5.74, 6) is 0. The highest BCUT2D eigenvalue weighted by molar-refractivity contribution is 6.07. The van der Waals surface area contributed by atoms with E-state index in [1.807, 2.05) is 6.08 Å². The highest BCUT2D eigenvalue weighted by Crippen LogP contribution is 2.27. The molecule has 1 heterocycles. The van der Waals surface area contributed by atoms with Crippen molar-refractivity contribution in [2.45, 2.75) is 19.8 Å². The van der Waals surface area contributed by atoms with Crippen molar-refractivity contribution in [2.75, 3.05) is 0 Å². The van der Waals surface area contributed by atoms with Crippen molar-refractivity contribution in [3.05, 3.63) is 60.2 Å². The SMILES string of the molecule is C=CCc1ccc2[nH]c3ccc(CC)cc3c2c1. The lowest BCUT2D eigenvalue weighted by atomic mass is 10.0. The molecule has 0 aliphatic rings. The molecule has 2 aromatic carbocycles. The van der Waals surface area contributed by atoms with Crippen LogP contribution in [0.2, 0.25) is 0 Å². The van der Waals surface area contributed by atoms with Gasteiger partial charge in [-0.3, -0.25) is 0 Å². The number of H-pyrrole nitrogens is 1. The summed E-state index contributed by atoms with van der Waals surface area (Å²) >= 11 is 0. The Labute approximate surface area is 107 Å². The predicted molar refractivity (Wildman–Crippen MR) is 79.1 cm³/mol. The summed E-state index contributed by atoms with van der Waals surface area (Å²) < 4.78 is 0. The van der Waals surface area contributed by atoms with E-state index in [2.05, 4.69) is 54.9 Å². The molecule has 1 heteroatoms. The molecule has 3 aromatic rings. The van der Waals surface area contributed by atoms with Crippen molar-refractivity contribution < 1.29 is 0 Å². The number of hydrogen-bond donors (Lipinski definition) is 1. The van der Waals surface area contributed by atoms with Gasteiger partial charge in [0, 0.05) is 21.8 Å². The van der Waals surface area contributed by atoms with E-state index in [1.165, 1.54) is 32.9 Å². The second kappa shape index (κ2) is 4.34. The van der Waals surface area contributed by atoms with E-state index >= 15 is 0 Å². The summed E-state index contributed by atoms with van der Waals surface area (Å²) in [5, 5.41) is 2.65. The van der Waals surface area contributed by atoms with Gasteiger partial charge in [0.15, 0.2) is 0 Å². The van der Waals surface area contributed by atoms with Crippen LogP contribution in [0, 0.1) is 0 Å². The molecule has 0 amide bonds. The summed E-state index contributed by atoms with van der Waals surface area (Å²) in [6, 6.07) is 13.3. The van der Waals surface area contributed by atoms with Crippen molar-refractivity contribution in [1.29, 1.82) is 0 Å². The van der Waals surface area contributed by atoms with Gasteiger partial charge in [-0.2, -0.15) is 0 Å². The molecule has 0 atom stereocenters. The Morgan fingerprint density at radius 2 is 1.61 bits per heavy atom. The number of aryl methyl sites for hydroxylation is 1. The van der Waals surface area contributed by atoms with Crippen LogP contribution in [0.3, 0.4) is 0 Å². The van der Waals surface area contributed by atoms with E-state index in [0.29, 0.717) is 0 Å². The molecular weight excluding hydrogens is 218 g/mol. The van der Waals surface area contributed by atoms with Crippen molar-refractivity contribution in [3.8, 4) is 0 Å². The molecule has 0 aliphatic heterocycles. The minimum absolute atomic E-state index is 0.927. The zero-order chi connectivity index (χ0) is 12.5. The molecule has 18 heavy (non-hydrogen) atoms. The number of hydrogen-bond acceptors (Lipinski definition) is 0. The average molecular weight is 235 g/mol. The molecule has 0 bridgehead atoms. The van der Waals surface area contributed by atoms with Gasteiger partial charge in [0.25, 0.3) is 0 Å². The van der Waals surface area contributed by atoms with Crippen LogP contribution in [-0.4, -0.2) is 4.98 Å². The fourth-order valence-electron chi connectivity index (χ4n) is 2.51. The Hall–Kier alpha value is -2.02. The highest BCUT2D eigenvalue weighted by atomic mass is 14.7. The number of nitrogens with one attached hydrogen (secondary N) is 1. The van der Waals surface area contributed by atoms with Crippen LogP contribution in [0.4, 0.5) is 0 Å². The van der Waals surface area contributed by atoms with Gasteiger partial charge in [0.05, 0.1) is 0 Å². The fraction of sp³-hybridized carbons (Fsp3) is 0.176. The molecule has 0 unspecified atom stereocenters. The standard InChI is InChI=1S/C17H17N/c1-3-5-13-7-9-17-15(11-13)14-10-12(4-2)6-8-16(14)18-17/h3,6-11,18H,1,4-5H2,2H3. The van der Waals surface area contributed by atoms with Gasteiger partial charge in [-0.15, -0.1) is 6.58 Å². The lowest BCUT2D eigenvalue weighted by Gasteiger charge is -1.99. The molecule has 1 nitrogen and oxygen atoms in total. The normalized spacial score (nSPS) is 11.2. The largest absolute Gasteiger partial charge is 0.355 e. The number of fused-ring (bicyclic) bond motifs is 3. The monoisotopic (exact) mass is 235 g/mol. The van der Waals surface area contributed by atoms with E-state index in [4.69, 9.17) is 0 Å². The number of rotatable bonds is 3. The number of aromatic nitrogens is 1. The molecule has 1 aromatic heterocycles. The Morgan fingerprint density at radius 1 is 1.00 bits per heavy atom. The second-order valence-corrected chi connectivity index (χ2v) is 4.73. The lowest BCUT2D eigenvalue weighted by Crippen LogP contribution is -1.80. The zero-order valence-corrected chi connectivity index (χ0v) is 10.7. The highest BCUT2D eigenvalue weighted by Gasteiger charge is 2.05. The van der Waals surface area contributed by atoms with Crippen molar-refractivity contribution in [1.82, 2.24) is 4.98 Å². The minimum atomic E-state index is 0.927. The van der Waals surface area contributed by atoms with E-state index in [0.717, 1.165) is 12.8 Å². The molecule has 0 spiro atoms. The van der Waals surface area contributed by atoms with Gasteiger partial charge in [-0.1, -0.05) is 25.1 Å². The fourth-order valence-corrected chi connectivity index (χ4v) is 2.51. The quantitative estimate of drug-likeness (QED) is 0.638. The Bertz CT molecular complexity index is 719. The predicted octanol–water partition coefficient (Wildman–Crippen LogP) is 4.61. The van der Waals surface area contributed by atoms with Crippen LogP contribution in [0.15, 0.2) is 49.1 Å². The van der Waals surface area contributed by atoms with Gasteiger partial charge in [-0.05, 0) is 48.2 Å². The first-order valence-electron chi connectivity index (χ1n) is 6.46. The maximum absolute atomic E-state index is 3.81. The smallest absolute Gasteiger partial charge is 0.0465 e. The third-order valence-corrected chi connectivity index (χ3v) is 3.52. The van der Waals surface area contributed by atoms with Gasteiger partial charge >= 0.3 is 0 Å². The number of allylic oxidation sites excluding steroid dienone is 1. The number of aromatic amines is 1. The Morgan fingerprint density at radius 3 is 2.22 bits per heavy atom. The first kappa shape index (κ1) is 11.1. The van der Waals surface area contributed by atoms with Crippen LogP contribution in [0.25, 0.3) is 21.8 Å². The van der Waals surface area contributed by atoms with Crippen LogP contribution in [-0.2, 0) is 12.8 Å². The zero-order valence-electron chi connectivity index (χ0n) is 10.7. The molecule has 3 rings (SSSR count). The maximum Gasteiger partial charge on any atom is 0.0465 e. The van der Waals surface area contributed by atoms with Crippen LogP contribution in [0.5, 0.6) is 0 Å². The van der Waals surface area contributed by atoms with E-state index in [1.54, 1.807) is 0 Å². The van der Waals surface area contributed by atoms with E-state index in [9.17, 15) is 0 Å². The molecule has 0 saturated carbocycles. The summed E-state index contributed by atoms with van der Waals surface area (Å²) in [5.41, 5.74) is 5.14. The van der Waals surface area contributed by atoms with E-state index < -0.39 is 0 Å². The Kier molecular flexibility index (Phi) is 2.67. The van der Waals surface area contributed by atoms with Gasteiger partial charge in [0.1, 0.15) is 0 Å². The summed E-state index contributed by atoms with van der Waals surface area (Å²) in [7, 11) is 0. The third kappa shape index (κ3) is 1.72. The van der Waals surface area contributed by atoms with Gasteiger partial charge in [-0.25, -0.2) is 0 Å². The summed E-state index contributed by atoms with van der Waals surface area (Å²) in [4.78, 5) is 3.47. The first-order chi connectivity index (χ1) is 8.81. The summed E-state index contributed by atoms with van der Waals surface area (Å²) in [6.07, 6.45) is 3.96. The third-order valence-electron chi connectivity index (χ3n) is 3.52. The van der Waals surface area contributed by atoms with Gasteiger partial charge < -0.3 is 4.98 Å². The minimum Gasteiger partial charge on any atom is -0.355 e. The molecular formula is C17H17N. The average Bonchev–Trinajstić information content (AvgIpc) is 2.76. The molecule has 1 N–H and O–H groups in total. The molecule has 0 aliphatic carbocycles. The van der Waals surface area contributed by atoms with E-state index in [-0.39, 0.29) is 0 Å². The van der Waals surface area contributed by atoms with Crippen LogP contribution >= 0.6 is 0 Å².